The zero-order valence-corrected chi connectivity index (χ0v) is 26.6. The van der Waals surface area contributed by atoms with Gasteiger partial charge < -0.3 is 22.1 Å². The number of carbonyl (C=O) groups excluding carboxylic acids is 4. The first kappa shape index (κ1) is 31.5. The molecule has 12 nitrogen and oxygen atoms in total. The molecule has 0 radical (unpaired) electrons. The lowest BCUT2D eigenvalue weighted by molar-refractivity contribution is -0.136. The van der Waals surface area contributed by atoms with Crippen molar-refractivity contribution in [2.24, 2.45) is 17.4 Å². The van der Waals surface area contributed by atoms with Gasteiger partial charge in [-0.05, 0) is 49.1 Å². The smallest absolute Gasteiger partial charge is 0.251 e. The molecule has 4 amide bonds. The molecular weight excluding hydrogens is 596 g/mol. The number of para-hydroxylation sites is 1. The molecule has 2 aliphatic heterocycles. The Morgan fingerprint density at radius 2 is 1.64 bits per heavy atom. The van der Waals surface area contributed by atoms with Crippen LogP contribution in [0.25, 0.3) is 16.6 Å². The minimum atomic E-state index is -1.88. The van der Waals surface area contributed by atoms with Gasteiger partial charge in [-0.15, -0.1) is 0 Å². The van der Waals surface area contributed by atoms with Crippen LogP contribution in [0.1, 0.15) is 57.2 Å². The van der Waals surface area contributed by atoms with Crippen molar-refractivity contribution in [3.63, 3.8) is 0 Å². The van der Waals surface area contributed by atoms with Crippen LogP contribution in [-0.2, 0) is 24.6 Å². The molecule has 12 heteroatoms. The van der Waals surface area contributed by atoms with E-state index in [9.17, 15) is 19.2 Å². The van der Waals surface area contributed by atoms with E-state index in [0.717, 1.165) is 29.7 Å². The lowest BCUT2D eigenvalue weighted by Gasteiger charge is -2.41. The zero-order valence-electron chi connectivity index (χ0n) is 26.6. The summed E-state index contributed by atoms with van der Waals surface area (Å²) in [6.45, 7) is 6.77. The molecule has 4 heterocycles. The highest BCUT2D eigenvalue weighted by molar-refractivity contribution is 6.20. The van der Waals surface area contributed by atoms with Crippen molar-refractivity contribution < 1.29 is 19.2 Å². The van der Waals surface area contributed by atoms with Crippen molar-refractivity contribution in [1.82, 2.24) is 19.5 Å². The van der Waals surface area contributed by atoms with E-state index in [1.807, 2.05) is 29.3 Å². The summed E-state index contributed by atoms with van der Waals surface area (Å²) in [7, 11) is 0. The van der Waals surface area contributed by atoms with Crippen LogP contribution in [0.3, 0.4) is 0 Å². The van der Waals surface area contributed by atoms with Crippen molar-refractivity contribution in [3.05, 3.63) is 89.5 Å². The van der Waals surface area contributed by atoms with Gasteiger partial charge in [0.1, 0.15) is 11.8 Å². The van der Waals surface area contributed by atoms with E-state index in [4.69, 9.17) is 17.2 Å². The summed E-state index contributed by atoms with van der Waals surface area (Å²) in [5, 5.41) is 4.53. The van der Waals surface area contributed by atoms with Crippen LogP contribution in [0.15, 0.2) is 78.3 Å². The molecule has 6 rings (SSSR count). The molecule has 2 aliphatic rings. The van der Waals surface area contributed by atoms with Crippen LogP contribution < -0.4 is 22.1 Å². The number of nitrogens with two attached hydrogens (primary N) is 3. The average molecular weight is 635 g/mol. The number of nitrogens with zero attached hydrogens (tertiary/aromatic N) is 5. The lowest BCUT2D eigenvalue weighted by atomic mass is 9.70. The average Bonchev–Trinajstić information content (AvgIpc) is 3.46. The minimum Gasteiger partial charge on any atom is -0.382 e. The van der Waals surface area contributed by atoms with Crippen molar-refractivity contribution in [1.29, 1.82) is 0 Å². The van der Waals surface area contributed by atoms with Gasteiger partial charge in [0, 0.05) is 59.6 Å². The fourth-order valence-corrected chi connectivity index (χ4v) is 6.96. The predicted molar refractivity (Wildman–Crippen MR) is 178 cm³/mol. The van der Waals surface area contributed by atoms with Gasteiger partial charge in [0.25, 0.3) is 5.91 Å². The number of benzene rings is 2. The summed E-state index contributed by atoms with van der Waals surface area (Å²) < 4.78 is 1.82. The molecule has 6 N–H and O–H groups in total. The third-order valence-electron chi connectivity index (χ3n) is 9.53. The maximum atomic E-state index is 14.3. The zero-order chi connectivity index (χ0) is 33.6. The van der Waals surface area contributed by atoms with Gasteiger partial charge in [0.15, 0.2) is 11.2 Å². The van der Waals surface area contributed by atoms with E-state index in [-0.39, 0.29) is 29.7 Å². The fraction of sp³-hybridized carbons (Fsp3) is 0.314. The van der Waals surface area contributed by atoms with E-state index >= 15 is 0 Å². The number of fused-ring (bicyclic) bond motifs is 1. The van der Waals surface area contributed by atoms with Gasteiger partial charge in [-0.25, -0.2) is 9.50 Å². The molecule has 0 bridgehead atoms. The van der Waals surface area contributed by atoms with Crippen molar-refractivity contribution in [3.8, 4) is 11.1 Å². The van der Waals surface area contributed by atoms with Crippen LogP contribution in [0.5, 0.6) is 0 Å². The maximum Gasteiger partial charge on any atom is 0.251 e. The fourth-order valence-electron chi connectivity index (χ4n) is 6.96. The molecule has 2 aromatic carbocycles. The number of anilines is 2. The number of primary amides is 2. The third-order valence-corrected chi connectivity index (χ3v) is 9.53. The van der Waals surface area contributed by atoms with E-state index in [1.165, 1.54) is 11.2 Å². The van der Waals surface area contributed by atoms with Crippen LogP contribution in [0, 0.1) is 5.92 Å². The Morgan fingerprint density at radius 1 is 0.979 bits per heavy atom. The topological polar surface area (TPSA) is 183 Å². The van der Waals surface area contributed by atoms with Gasteiger partial charge in [-0.2, -0.15) is 5.10 Å². The SMILES string of the molecule is CC1=C(C(N)=O)CC(C(N)=O)(c2ccc(-c3cc(C4CCN(C(=O)C(C)C)CC4)n4ncnc(N)c34)cc2)C(=O)N1c1ccccc1. The summed E-state index contributed by atoms with van der Waals surface area (Å²) in [4.78, 5) is 60.3. The Morgan fingerprint density at radius 3 is 2.23 bits per heavy atom. The summed E-state index contributed by atoms with van der Waals surface area (Å²) >= 11 is 0. The Bertz CT molecular complexity index is 1920. The number of carbonyl (C=O) groups is 4. The highest BCUT2D eigenvalue weighted by atomic mass is 16.2. The predicted octanol–water partition coefficient (Wildman–Crippen LogP) is 3.26. The molecule has 4 aromatic rings. The molecule has 0 spiro atoms. The molecule has 1 fully saturated rings. The van der Waals surface area contributed by atoms with Crippen molar-refractivity contribution >= 4 is 40.7 Å². The molecule has 0 aliphatic carbocycles. The Kier molecular flexibility index (Phi) is 8.04. The van der Waals surface area contributed by atoms with Gasteiger partial charge in [-0.3, -0.25) is 24.1 Å². The molecule has 1 unspecified atom stereocenters. The quantitative estimate of drug-likeness (QED) is 0.261. The van der Waals surface area contributed by atoms with Crippen molar-refractivity contribution in [2.45, 2.75) is 51.4 Å². The number of allylic oxidation sites excluding steroid dienone is 1. The molecule has 47 heavy (non-hydrogen) atoms. The number of nitrogen functional groups attached to an aromatic ring is 1. The van der Waals surface area contributed by atoms with E-state index in [1.54, 1.807) is 61.5 Å². The Labute approximate surface area is 272 Å². The molecule has 0 saturated carbocycles. The number of aromatic nitrogens is 3. The van der Waals surface area contributed by atoms with Crippen LogP contribution in [-0.4, -0.2) is 56.2 Å². The largest absolute Gasteiger partial charge is 0.382 e. The highest BCUT2D eigenvalue weighted by Gasteiger charge is 2.53. The minimum absolute atomic E-state index is 0.0516. The molecule has 1 atom stereocenters. The first-order valence-electron chi connectivity index (χ1n) is 15.7. The number of hydrogen-bond donors (Lipinski definition) is 3. The van der Waals surface area contributed by atoms with Gasteiger partial charge in [0.05, 0.1) is 0 Å². The first-order chi connectivity index (χ1) is 22.5. The number of rotatable bonds is 7. The van der Waals surface area contributed by atoms with Crippen LogP contribution >= 0.6 is 0 Å². The van der Waals surface area contributed by atoms with Gasteiger partial charge in [-0.1, -0.05) is 56.3 Å². The monoisotopic (exact) mass is 634 g/mol. The number of likely N-dealkylation sites (tertiary alicyclic amines) is 1. The lowest BCUT2D eigenvalue weighted by Crippen LogP contribution is -2.58. The number of hydrogen-bond acceptors (Lipinski definition) is 7. The molecule has 1 saturated heterocycles. The Hall–Kier alpha value is -5.52. The standard InChI is InChI=1S/C35H38N8O4/c1-20(2)32(45)41-15-13-23(14-16-41)28-17-26(29-30(36)39-19-40-43(28)29)22-9-11-24(12-10-22)35(33(38)46)18-27(31(37)44)21(3)42(34(35)47)25-7-5-4-6-8-25/h4-12,17,19-20,23H,13-16,18H2,1-3H3,(H2,37,44)(H2,38,46)(H2,36,39,40). The summed E-state index contributed by atoms with van der Waals surface area (Å²) in [5.74, 6) is -1.64. The third kappa shape index (κ3) is 5.19. The first-order valence-corrected chi connectivity index (χ1v) is 15.7. The van der Waals surface area contributed by atoms with Gasteiger partial charge in [0.2, 0.25) is 17.7 Å². The summed E-state index contributed by atoms with van der Waals surface area (Å²) in [6.07, 6.45) is 2.72. The number of piperidine rings is 1. The molecular formula is C35H38N8O4. The Balaban J connectivity index is 1.40. The molecule has 242 valence electrons. The summed E-state index contributed by atoms with van der Waals surface area (Å²) in [6, 6.07) is 17.8. The van der Waals surface area contributed by atoms with E-state index in [0.29, 0.717) is 41.4 Å². The highest BCUT2D eigenvalue weighted by Crippen LogP contribution is 2.43. The second kappa shape index (κ2) is 12.0. The van der Waals surface area contributed by atoms with Crippen molar-refractivity contribution in [2.75, 3.05) is 23.7 Å². The normalized spacial score (nSPS) is 19.1. The van der Waals surface area contributed by atoms with E-state index < -0.39 is 23.1 Å². The summed E-state index contributed by atoms with van der Waals surface area (Å²) in [5.41, 5.74) is 20.8. The van der Waals surface area contributed by atoms with Gasteiger partial charge >= 0.3 is 0 Å². The van der Waals surface area contributed by atoms with Crippen LogP contribution in [0.4, 0.5) is 11.5 Å². The molecule has 2 aromatic heterocycles. The second-order valence-corrected chi connectivity index (χ2v) is 12.6. The van der Waals surface area contributed by atoms with E-state index in [2.05, 4.69) is 10.1 Å². The van der Waals surface area contributed by atoms with Crippen LogP contribution in [0.2, 0.25) is 0 Å². The number of amides is 4. The maximum absolute atomic E-state index is 14.3. The second-order valence-electron chi connectivity index (χ2n) is 12.6.